The third kappa shape index (κ3) is 8.31. The first kappa shape index (κ1) is 28.2. The molecule has 0 radical (unpaired) electrons. The van der Waals surface area contributed by atoms with Gasteiger partial charge >= 0.3 is 0 Å². The van der Waals surface area contributed by atoms with Gasteiger partial charge in [-0.3, -0.25) is 9.59 Å². The van der Waals surface area contributed by atoms with Crippen molar-refractivity contribution in [2.75, 3.05) is 5.32 Å². The summed E-state index contributed by atoms with van der Waals surface area (Å²) in [6.07, 6.45) is 4.56. The zero-order chi connectivity index (χ0) is 26.8. The maximum Gasteiger partial charge on any atom is 0.224 e. The lowest BCUT2D eigenvalue weighted by Crippen LogP contribution is -2.21. The predicted molar refractivity (Wildman–Crippen MR) is 152 cm³/mol. The van der Waals surface area contributed by atoms with E-state index in [9.17, 15) is 9.59 Å². The van der Waals surface area contributed by atoms with E-state index >= 15 is 0 Å². The van der Waals surface area contributed by atoms with Crippen LogP contribution in [0.4, 0.5) is 5.69 Å². The van der Waals surface area contributed by atoms with Crippen molar-refractivity contribution >= 4 is 17.4 Å². The molecule has 3 aromatic rings. The second kappa shape index (κ2) is 13.2. The van der Waals surface area contributed by atoms with E-state index in [0.29, 0.717) is 24.3 Å². The van der Waals surface area contributed by atoms with Gasteiger partial charge in [0.2, 0.25) is 5.91 Å². The minimum atomic E-state index is -0.170. The number of benzene rings is 3. The summed E-state index contributed by atoms with van der Waals surface area (Å²) in [5, 5.41) is 3.15. The fourth-order valence-electron chi connectivity index (χ4n) is 4.64. The van der Waals surface area contributed by atoms with Crippen molar-refractivity contribution in [3.8, 4) is 5.75 Å². The number of rotatable bonds is 12. The minimum Gasteiger partial charge on any atom is -0.489 e. The summed E-state index contributed by atoms with van der Waals surface area (Å²) in [4.78, 5) is 25.5. The molecular formula is C33H41NO3. The van der Waals surface area contributed by atoms with E-state index in [2.05, 4.69) is 51.2 Å². The molecule has 0 fully saturated rings. The Hall–Kier alpha value is -3.40. The number of Topliss-reactive ketones (excluding diaryl/α,β-unsaturated/α-hetero) is 1. The monoisotopic (exact) mass is 499 g/mol. The normalized spacial score (nSPS) is 12.1. The van der Waals surface area contributed by atoms with Crippen LogP contribution in [0.1, 0.15) is 99.7 Å². The lowest BCUT2D eigenvalue weighted by atomic mass is 9.84. The van der Waals surface area contributed by atoms with E-state index in [1.54, 1.807) is 6.92 Å². The summed E-state index contributed by atoms with van der Waals surface area (Å²) in [6, 6.07) is 23.8. The number of carbonyl (C=O) groups is 2. The van der Waals surface area contributed by atoms with Gasteiger partial charge in [-0.1, -0.05) is 108 Å². The number of unbranched alkanes of at least 4 members (excludes halogenated alkanes) is 2. The van der Waals surface area contributed by atoms with Crippen LogP contribution < -0.4 is 10.1 Å². The maximum atomic E-state index is 13.4. The number of anilines is 1. The average Bonchev–Trinajstić information content (AvgIpc) is 2.87. The van der Waals surface area contributed by atoms with Crippen LogP contribution >= 0.6 is 0 Å². The van der Waals surface area contributed by atoms with Gasteiger partial charge in [-0.05, 0) is 53.5 Å². The second-order valence-corrected chi connectivity index (χ2v) is 10.8. The Kier molecular flexibility index (Phi) is 10.1. The molecule has 4 nitrogen and oxygen atoms in total. The van der Waals surface area contributed by atoms with Crippen LogP contribution in [0, 0.1) is 0 Å². The molecule has 0 aromatic heterocycles. The van der Waals surface area contributed by atoms with Gasteiger partial charge in [0.25, 0.3) is 0 Å². The van der Waals surface area contributed by atoms with Crippen molar-refractivity contribution in [1.82, 2.24) is 0 Å². The maximum absolute atomic E-state index is 13.4. The number of ether oxygens (including phenoxy) is 1. The van der Waals surface area contributed by atoms with Gasteiger partial charge in [0, 0.05) is 17.7 Å². The summed E-state index contributed by atoms with van der Waals surface area (Å²) in [7, 11) is 0. The van der Waals surface area contributed by atoms with Gasteiger partial charge in [-0.25, -0.2) is 0 Å². The standard InChI is InChI=1S/C33H41NO3/c1-6-7-9-16-27(28-17-12-13-18-31(28)37-23-25-14-10-8-11-15-25)22-32(36)34-30-21-26(24(2)35)19-20-29(30)33(3,4)5/h8,10-15,17-21,27H,6-7,9,16,22-23H2,1-5H3,(H,34,36). The lowest BCUT2D eigenvalue weighted by molar-refractivity contribution is -0.116. The summed E-state index contributed by atoms with van der Waals surface area (Å²) in [5.41, 5.74) is 4.33. The molecule has 196 valence electrons. The van der Waals surface area contributed by atoms with Crippen molar-refractivity contribution in [3.05, 3.63) is 95.1 Å². The SMILES string of the molecule is CCCCCC(CC(=O)Nc1cc(C(C)=O)ccc1C(C)(C)C)c1ccccc1OCc1ccccc1. The number of hydrogen-bond donors (Lipinski definition) is 1. The molecule has 4 heteroatoms. The van der Waals surface area contributed by atoms with E-state index in [1.165, 1.54) is 0 Å². The van der Waals surface area contributed by atoms with E-state index in [-0.39, 0.29) is 23.0 Å². The Morgan fingerprint density at radius 2 is 1.62 bits per heavy atom. The van der Waals surface area contributed by atoms with E-state index < -0.39 is 0 Å². The molecule has 3 aromatic carbocycles. The zero-order valence-corrected chi connectivity index (χ0v) is 23.0. The first-order valence-electron chi connectivity index (χ1n) is 13.4. The molecule has 0 heterocycles. The van der Waals surface area contributed by atoms with Crippen LogP contribution in [-0.2, 0) is 16.8 Å². The molecule has 1 unspecified atom stereocenters. The Labute approximate surface area is 222 Å². The van der Waals surface area contributed by atoms with Crippen LogP contribution in [0.5, 0.6) is 5.75 Å². The van der Waals surface area contributed by atoms with Crippen LogP contribution in [0.25, 0.3) is 0 Å². The zero-order valence-electron chi connectivity index (χ0n) is 23.0. The van der Waals surface area contributed by atoms with Gasteiger partial charge in [0.15, 0.2) is 5.78 Å². The van der Waals surface area contributed by atoms with E-state index in [0.717, 1.165) is 48.1 Å². The molecule has 0 spiro atoms. The summed E-state index contributed by atoms with van der Waals surface area (Å²) >= 11 is 0. The third-order valence-electron chi connectivity index (χ3n) is 6.69. The predicted octanol–water partition coefficient (Wildman–Crippen LogP) is 8.46. The summed E-state index contributed by atoms with van der Waals surface area (Å²) < 4.78 is 6.25. The average molecular weight is 500 g/mol. The van der Waals surface area contributed by atoms with Gasteiger partial charge in [0.1, 0.15) is 12.4 Å². The molecule has 0 aliphatic rings. The van der Waals surface area contributed by atoms with Gasteiger partial charge in [-0.2, -0.15) is 0 Å². The quantitative estimate of drug-likeness (QED) is 0.201. The Morgan fingerprint density at radius 3 is 2.30 bits per heavy atom. The number of nitrogens with one attached hydrogen (secondary N) is 1. The molecule has 0 bridgehead atoms. The fraction of sp³-hybridized carbons (Fsp3) is 0.394. The van der Waals surface area contributed by atoms with E-state index in [1.807, 2.05) is 54.6 Å². The van der Waals surface area contributed by atoms with Gasteiger partial charge in [-0.15, -0.1) is 0 Å². The van der Waals surface area contributed by atoms with Crippen LogP contribution in [0.3, 0.4) is 0 Å². The topological polar surface area (TPSA) is 55.4 Å². The van der Waals surface area contributed by atoms with Gasteiger partial charge in [0.05, 0.1) is 0 Å². The van der Waals surface area contributed by atoms with Crippen LogP contribution in [0.2, 0.25) is 0 Å². The molecule has 0 saturated carbocycles. The molecule has 1 amide bonds. The number of hydrogen-bond acceptors (Lipinski definition) is 3. The fourth-order valence-corrected chi connectivity index (χ4v) is 4.64. The van der Waals surface area contributed by atoms with Gasteiger partial charge < -0.3 is 10.1 Å². The Bertz CT molecular complexity index is 1180. The molecule has 0 aliphatic carbocycles. The smallest absolute Gasteiger partial charge is 0.224 e. The molecule has 37 heavy (non-hydrogen) atoms. The van der Waals surface area contributed by atoms with Crippen molar-refractivity contribution in [2.45, 2.75) is 84.7 Å². The third-order valence-corrected chi connectivity index (χ3v) is 6.69. The highest BCUT2D eigenvalue weighted by molar-refractivity contribution is 5.98. The molecular weight excluding hydrogens is 458 g/mol. The van der Waals surface area contributed by atoms with Crippen LogP contribution in [0.15, 0.2) is 72.8 Å². The summed E-state index contributed by atoms with van der Waals surface area (Å²) in [6.45, 7) is 10.6. The van der Waals surface area contributed by atoms with Crippen LogP contribution in [-0.4, -0.2) is 11.7 Å². The van der Waals surface area contributed by atoms with E-state index in [4.69, 9.17) is 4.74 Å². The molecule has 1 N–H and O–H groups in total. The molecule has 3 rings (SSSR count). The first-order chi connectivity index (χ1) is 17.7. The summed E-state index contributed by atoms with van der Waals surface area (Å²) in [5.74, 6) is 0.797. The number of ketones is 1. The van der Waals surface area contributed by atoms with Crippen molar-refractivity contribution in [1.29, 1.82) is 0 Å². The highest BCUT2D eigenvalue weighted by Gasteiger charge is 2.23. The molecule has 0 saturated heterocycles. The number of amides is 1. The highest BCUT2D eigenvalue weighted by Crippen LogP contribution is 2.35. The number of para-hydroxylation sites is 1. The molecule has 1 atom stereocenters. The first-order valence-corrected chi connectivity index (χ1v) is 13.4. The molecule has 0 aliphatic heterocycles. The Morgan fingerprint density at radius 1 is 0.919 bits per heavy atom. The largest absolute Gasteiger partial charge is 0.489 e. The Balaban J connectivity index is 1.84. The van der Waals surface area contributed by atoms with Crippen molar-refractivity contribution in [3.63, 3.8) is 0 Å². The minimum absolute atomic E-state index is 0.0158. The highest BCUT2D eigenvalue weighted by atomic mass is 16.5. The second-order valence-electron chi connectivity index (χ2n) is 10.8. The van der Waals surface area contributed by atoms with Crippen molar-refractivity contribution < 1.29 is 14.3 Å². The van der Waals surface area contributed by atoms with Crippen molar-refractivity contribution in [2.24, 2.45) is 0 Å². The lowest BCUT2D eigenvalue weighted by Gasteiger charge is -2.25. The number of carbonyl (C=O) groups excluding carboxylic acids is 2.